The monoisotopic (exact) mass is 292 g/mol. The highest BCUT2D eigenvalue weighted by molar-refractivity contribution is 6.31. The molecule has 3 atom stereocenters. The number of benzene rings is 1. The van der Waals surface area contributed by atoms with E-state index in [9.17, 15) is 0 Å². The molecule has 2 nitrogen and oxygen atoms in total. The largest absolute Gasteiger partial charge is 0.314 e. The van der Waals surface area contributed by atoms with Gasteiger partial charge in [0.2, 0.25) is 0 Å². The average Bonchev–Trinajstić information content (AvgIpc) is 3.01. The minimum Gasteiger partial charge on any atom is -0.314 e. The SMILES string of the molecule is Clc1ccccc1CNC1CCCCC1C1CCCN1. The fourth-order valence-corrected chi connectivity index (χ4v) is 4.06. The van der Waals surface area contributed by atoms with Crippen molar-refractivity contribution in [3.63, 3.8) is 0 Å². The van der Waals surface area contributed by atoms with Crippen LogP contribution >= 0.6 is 11.6 Å². The van der Waals surface area contributed by atoms with Gasteiger partial charge in [0, 0.05) is 23.7 Å². The normalized spacial score (nSPS) is 30.6. The lowest BCUT2D eigenvalue weighted by Gasteiger charge is -2.36. The van der Waals surface area contributed by atoms with Gasteiger partial charge in [-0.15, -0.1) is 0 Å². The van der Waals surface area contributed by atoms with Gasteiger partial charge in [-0.05, 0) is 49.8 Å². The second kappa shape index (κ2) is 6.93. The van der Waals surface area contributed by atoms with E-state index in [1.165, 1.54) is 50.6 Å². The number of hydrogen-bond acceptors (Lipinski definition) is 2. The molecule has 0 bridgehead atoms. The molecule has 3 unspecified atom stereocenters. The van der Waals surface area contributed by atoms with Gasteiger partial charge in [0.1, 0.15) is 0 Å². The Labute approximate surface area is 127 Å². The van der Waals surface area contributed by atoms with Crippen LogP contribution in [0.3, 0.4) is 0 Å². The summed E-state index contributed by atoms with van der Waals surface area (Å²) in [6, 6.07) is 9.56. The third kappa shape index (κ3) is 3.36. The van der Waals surface area contributed by atoms with Crippen LogP contribution in [0, 0.1) is 5.92 Å². The smallest absolute Gasteiger partial charge is 0.0450 e. The molecule has 2 fully saturated rings. The minimum atomic E-state index is 0.649. The second-order valence-electron chi connectivity index (χ2n) is 6.23. The predicted molar refractivity (Wildman–Crippen MR) is 85.1 cm³/mol. The standard InChI is InChI=1S/C17H25ClN2/c18-15-8-3-1-6-13(15)12-20-17-9-4-2-7-14(17)16-10-5-11-19-16/h1,3,6,8,14,16-17,19-20H,2,4-5,7,9-12H2. The topological polar surface area (TPSA) is 24.1 Å². The number of hydrogen-bond donors (Lipinski definition) is 2. The van der Waals surface area contributed by atoms with Gasteiger partial charge in [0.05, 0.1) is 0 Å². The first-order valence-corrected chi connectivity index (χ1v) is 8.42. The van der Waals surface area contributed by atoms with Crippen molar-refractivity contribution >= 4 is 11.6 Å². The third-order valence-electron chi connectivity index (χ3n) is 4.95. The fourth-order valence-electron chi connectivity index (χ4n) is 3.85. The van der Waals surface area contributed by atoms with Crippen LogP contribution in [0.2, 0.25) is 5.02 Å². The Morgan fingerprint density at radius 1 is 1.10 bits per heavy atom. The highest BCUT2D eigenvalue weighted by Crippen LogP contribution is 2.31. The van der Waals surface area contributed by atoms with Crippen molar-refractivity contribution in [3.05, 3.63) is 34.9 Å². The summed E-state index contributed by atoms with van der Waals surface area (Å²) in [5.74, 6) is 0.800. The molecule has 3 rings (SSSR count). The van der Waals surface area contributed by atoms with Crippen LogP contribution < -0.4 is 10.6 Å². The van der Waals surface area contributed by atoms with Gasteiger partial charge in [-0.1, -0.05) is 42.6 Å². The van der Waals surface area contributed by atoms with Crippen LogP contribution in [0.25, 0.3) is 0 Å². The van der Waals surface area contributed by atoms with Crippen LogP contribution in [-0.2, 0) is 6.54 Å². The molecular weight excluding hydrogens is 268 g/mol. The van der Waals surface area contributed by atoms with E-state index in [0.29, 0.717) is 6.04 Å². The quantitative estimate of drug-likeness (QED) is 0.883. The summed E-state index contributed by atoms with van der Waals surface area (Å²) >= 11 is 6.25. The zero-order valence-electron chi connectivity index (χ0n) is 12.1. The van der Waals surface area contributed by atoms with Gasteiger partial charge in [0.15, 0.2) is 0 Å². The maximum absolute atomic E-state index is 6.25. The number of rotatable bonds is 4. The summed E-state index contributed by atoms with van der Waals surface area (Å²) in [4.78, 5) is 0. The highest BCUT2D eigenvalue weighted by Gasteiger charge is 2.32. The molecule has 110 valence electrons. The number of nitrogens with one attached hydrogen (secondary N) is 2. The Hall–Kier alpha value is -0.570. The molecule has 0 aromatic heterocycles. The molecule has 0 spiro atoms. The zero-order valence-corrected chi connectivity index (χ0v) is 12.8. The first-order valence-electron chi connectivity index (χ1n) is 8.05. The molecular formula is C17H25ClN2. The molecule has 20 heavy (non-hydrogen) atoms. The lowest BCUT2D eigenvalue weighted by atomic mass is 9.79. The Balaban J connectivity index is 1.60. The van der Waals surface area contributed by atoms with Gasteiger partial charge in [0.25, 0.3) is 0 Å². The summed E-state index contributed by atoms with van der Waals surface area (Å²) in [5, 5.41) is 8.36. The summed E-state index contributed by atoms with van der Waals surface area (Å²) in [7, 11) is 0. The van der Waals surface area contributed by atoms with Crippen LogP contribution in [0.5, 0.6) is 0 Å². The lowest BCUT2D eigenvalue weighted by molar-refractivity contribution is 0.213. The maximum Gasteiger partial charge on any atom is 0.0450 e. The van der Waals surface area contributed by atoms with Crippen LogP contribution in [0.15, 0.2) is 24.3 Å². The van der Waals surface area contributed by atoms with Crippen molar-refractivity contribution in [1.29, 1.82) is 0 Å². The first-order chi connectivity index (χ1) is 9.84. The summed E-state index contributed by atoms with van der Waals surface area (Å²) in [6.07, 6.45) is 8.15. The van der Waals surface area contributed by atoms with Crippen molar-refractivity contribution in [2.24, 2.45) is 5.92 Å². The third-order valence-corrected chi connectivity index (χ3v) is 5.32. The van der Waals surface area contributed by atoms with E-state index in [0.717, 1.165) is 23.5 Å². The van der Waals surface area contributed by atoms with E-state index in [-0.39, 0.29) is 0 Å². The van der Waals surface area contributed by atoms with E-state index >= 15 is 0 Å². The number of halogens is 1. The van der Waals surface area contributed by atoms with E-state index in [1.54, 1.807) is 0 Å². The molecule has 1 heterocycles. The molecule has 0 amide bonds. The van der Waals surface area contributed by atoms with Gasteiger partial charge in [-0.25, -0.2) is 0 Å². The molecule has 3 heteroatoms. The lowest BCUT2D eigenvalue weighted by Crippen LogP contribution is -2.46. The summed E-state index contributed by atoms with van der Waals surface area (Å²) < 4.78 is 0. The Kier molecular flexibility index (Phi) is 4.98. The average molecular weight is 293 g/mol. The molecule has 1 saturated carbocycles. The molecule has 1 aliphatic heterocycles. The first kappa shape index (κ1) is 14.4. The van der Waals surface area contributed by atoms with Crippen molar-refractivity contribution in [2.75, 3.05) is 6.54 Å². The summed E-state index contributed by atoms with van der Waals surface area (Å²) in [5.41, 5.74) is 1.22. The van der Waals surface area contributed by atoms with Crippen molar-refractivity contribution in [3.8, 4) is 0 Å². The van der Waals surface area contributed by atoms with Gasteiger partial charge in [-0.2, -0.15) is 0 Å². The molecule has 1 aromatic rings. The van der Waals surface area contributed by atoms with Gasteiger partial charge < -0.3 is 10.6 Å². The van der Waals surface area contributed by atoms with Crippen LogP contribution in [0.1, 0.15) is 44.1 Å². The van der Waals surface area contributed by atoms with E-state index in [4.69, 9.17) is 11.6 Å². The summed E-state index contributed by atoms with van der Waals surface area (Å²) in [6.45, 7) is 2.10. The second-order valence-corrected chi connectivity index (χ2v) is 6.64. The van der Waals surface area contributed by atoms with E-state index < -0.39 is 0 Å². The Morgan fingerprint density at radius 2 is 1.95 bits per heavy atom. The maximum atomic E-state index is 6.25. The van der Waals surface area contributed by atoms with Crippen molar-refractivity contribution in [2.45, 2.75) is 57.2 Å². The fraction of sp³-hybridized carbons (Fsp3) is 0.647. The van der Waals surface area contributed by atoms with E-state index in [2.05, 4.69) is 22.8 Å². The molecule has 1 aromatic carbocycles. The molecule has 2 aliphatic rings. The molecule has 2 N–H and O–H groups in total. The molecule has 1 aliphatic carbocycles. The Bertz CT molecular complexity index is 429. The zero-order chi connectivity index (χ0) is 13.8. The van der Waals surface area contributed by atoms with Crippen molar-refractivity contribution in [1.82, 2.24) is 10.6 Å². The molecule has 0 radical (unpaired) electrons. The van der Waals surface area contributed by atoms with Crippen molar-refractivity contribution < 1.29 is 0 Å². The van der Waals surface area contributed by atoms with Crippen LogP contribution in [0.4, 0.5) is 0 Å². The minimum absolute atomic E-state index is 0.649. The van der Waals surface area contributed by atoms with E-state index in [1.807, 2.05) is 12.1 Å². The van der Waals surface area contributed by atoms with Gasteiger partial charge in [-0.3, -0.25) is 0 Å². The highest BCUT2D eigenvalue weighted by atomic mass is 35.5. The Morgan fingerprint density at radius 3 is 2.75 bits per heavy atom. The van der Waals surface area contributed by atoms with Gasteiger partial charge >= 0.3 is 0 Å². The predicted octanol–water partition coefficient (Wildman–Crippen LogP) is 3.74. The molecule has 1 saturated heterocycles. The van der Waals surface area contributed by atoms with Crippen LogP contribution in [-0.4, -0.2) is 18.6 Å².